The van der Waals surface area contributed by atoms with Gasteiger partial charge in [-0.15, -0.1) is 0 Å². The maximum absolute atomic E-state index is 13.1. The van der Waals surface area contributed by atoms with E-state index in [0.717, 1.165) is 5.56 Å². The number of carbonyl (C=O) groups excluding carboxylic acids is 2. The summed E-state index contributed by atoms with van der Waals surface area (Å²) in [5.41, 5.74) is 2.29. The van der Waals surface area contributed by atoms with Gasteiger partial charge in [-0.25, -0.2) is 0 Å². The van der Waals surface area contributed by atoms with E-state index in [1.165, 1.54) is 36.2 Å². The topological polar surface area (TPSA) is 182 Å². The molecule has 1 aliphatic rings. The summed E-state index contributed by atoms with van der Waals surface area (Å²) in [6.45, 7) is 0.0532. The highest BCUT2D eigenvalue weighted by Gasteiger charge is 2.34. The molecule has 0 aliphatic carbocycles. The molecule has 0 spiro atoms. The number of amides is 2. The van der Waals surface area contributed by atoms with Gasteiger partial charge in [0.2, 0.25) is 11.8 Å². The fourth-order valence-corrected chi connectivity index (χ4v) is 4.64. The smallest absolute Gasteiger partial charge is 0.357 e. The molecule has 0 saturated carbocycles. The van der Waals surface area contributed by atoms with Crippen LogP contribution in [0.2, 0.25) is 0 Å². The van der Waals surface area contributed by atoms with E-state index in [9.17, 15) is 26.4 Å². The monoisotopic (exact) mass is 512 g/mol. The molecule has 184 valence electrons. The second-order valence-electron chi connectivity index (χ2n) is 7.69. The molecule has 0 aromatic heterocycles. The van der Waals surface area contributed by atoms with Crippen LogP contribution < -0.4 is 14.8 Å². The number of fused-ring (bicyclic) bond motifs is 1. The average molecular weight is 513 g/mol. The van der Waals surface area contributed by atoms with E-state index in [4.69, 9.17) is 9.11 Å². The van der Waals surface area contributed by atoms with Crippen LogP contribution in [0.15, 0.2) is 42.5 Å². The molecule has 1 atom stereocenters. The maximum Gasteiger partial charge on any atom is 0.357 e. The van der Waals surface area contributed by atoms with E-state index in [1.54, 1.807) is 18.2 Å². The zero-order chi connectivity index (χ0) is 25.1. The first-order valence-electron chi connectivity index (χ1n) is 10.1. The number of anilines is 2. The molecule has 1 aliphatic heterocycles. The molecular formula is C20H24N4O8S2. The van der Waals surface area contributed by atoms with Crippen molar-refractivity contribution in [2.75, 3.05) is 16.5 Å². The minimum atomic E-state index is -4.47. The SMILES string of the molecule is CNC(=O)C1Cc2ccc(NS(=O)(=O)O)cc2CN1C(=O)CCc1cccc(NS(=O)(=O)O)c1. The summed E-state index contributed by atoms with van der Waals surface area (Å²) in [6, 6.07) is 10.0. The van der Waals surface area contributed by atoms with Crippen LogP contribution >= 0.6 is 0 Å². The fourth-order valence-electron chi connectivity index (χ4n) is 3.79. The Hall–Kier alpha value is -3.20. The highest BCUT2D eigenvalue weighted by atomic mass is 32.2. The van der Waals surface area contributed by atoms with E-state index in [-0.39, 0.29) is 49.0 Å². The Morgan fingerprint density at radius 2 is 1.62 bits per heavy atom. The molecule has 5 N–H and O–H groups in total. The van der Waals surface area contributed by atoms with Gasteiger partial charge in [0.1, 0.15) is 6.04 Å². The van der Waals surface area contributed by atoms with Crippen LogP contribution in [-0.2, 0) is 49.6 Å². The molecule has 0 fully saturated rings. The number of rotatable bonds is 8. The number of benzene rings is 2. The summed E-state index contributed by atoms with van der Waals surface area (Å²) in [5.74, 6) is -0.681. The third-order valence-corrected chi connectivity index (χ3v) is 6.24. The Kier molecular flexibility index (Phi) is 7.45. The van der Waals surface area contributed by atoms with Crippen molar-refractivity contribution < 1.29 is 35.5 Å². The summed E-state index contributed by atoms with van der Waals surface area (Å²) in [7, 11) is -7.44. The molecule has 1 unspecified atom stereocenters. The summed E-state index contributed by atoms with van der Waals surface area (Å²) < 4.78 is 66.1. The Morgan fingerprint density at radius 1 is 0.971 bits per heavy atom. The zero-order valence-corrected chi connectivity index (χ0v) is 19.7. The van der Waals surface area contributed by atoms with Gasteiger partial charge in [-0.1, -0.05) is 18.2 Å². The predicted octanol–water partition coefficient (Wildman–Crippen LogP) is 0.748. The van der Waals surface area contributed by atoms with E-state index in [0.29, 0.717) is 11.1 Å². The Balaban J connectivity index is 1.78. The number of aryl methyl sites for hydroxylation is 1. The Bertz CT molecular complexity index is 1310. The van der Waals surface area contributed by atoms with Gasteiger partial charge < -0.3 is 10.2 Å². The lowest BCUT2D eigenvalue weighted by Gasteiger charge is -2.36. The van der Waals surface area contributed by atoms with E-state index in [1.807, 2.05) is 9.44 Å². The normalized spacial score (nSPS) is 15.9. The lowest BCUT2D eigenvalue weighted by Crippen LogP contribution is -2.52. The minimum Gasteiger partial charge on any atom is -0.357 e. The molecule has 0 saturated heterocycles. The highest BCUT2D eigenvalue weighted by molar-refractivity contribution is 7.87. The molecule has 3 rings (SSSR count). The summed E-state index contributed by atoms with van der Waals surface area (Å²) in [6.07, 6.45) is 0.482. The van der Waals surface area contributed by atoms with Crippen LogP contribution in [0.1, 0.15) is 23.1 Å². The van der Waals surface area contributed by atoms with Crippen molar-refractivity contribution in [1.29, 1.82) is 0 Å². The van der Waals surface area contributed by atoms with Crippen molar-refractivity contribution in [2.45, 2.75) is 31.8 Å². The summed E-state index contributed by atoms with van der Waals surface area (Å²) in [4.78, 5) is 27.0. The molecule has 0 radical (unpaired) electrons. The molecule has 2 amide bonds. The van der Waals surface area contributed by atoms with Gasteiger partial charge in [0.15, 0.2) is 0 Å². The number of hydrogen-bond acceptors (Lipinski definition) is 6. The lowest BCUT2D eigenvalue weighted by atomic mass is 9.92. The standard InChI is InChI=1S/C20H24N4O8S2/c1-21-20(26)18-11-14-6-7-17(23-34(30,31)32)10-15(14)12-24(18)19(25)8-5-13-3-2-4-16(9-13)22-33(27,28)29/h2-4,6-7,9-10,18,22-23H,5,8,11-12H2,1H3,(H,21,26)(H,27,28,29)(H,30,31,32). The van der Waals surface area contributed by atoms with Crippen molar-refractivity contribution in [3.63, 3.8) is 0 Å². The summed E-state index contributed by atoms with van der Waals surface area (Å²) in [5, 5.41) is 2.55. The van der Waals surface area contributed by atoms with Gasteiger partial charge in [0, 0.05) is 26.4 Å². The average Bonchev–Trinajstić information content (AvgIpc) is 2.74. The Morgan fingerprint density at radius 3 is 2.24 bits per heavy atom. The predicted molar refractivity (Wildman–Crippen MR) is 124 cm³/mol. The van der Waals surface area contributed by atoms with Gasteiger partial charge in [-0.2, -0.15) is 16.8 Å². The number of nitrogens with zero attached hydrogens (tertiary/aromatic N) is 1. The van der Waals surface area contributed by atoms with Crippen LogP contribution in [-0.4, -0.2) is 55.7 Å². The Labute approximate surface area is 197 Å². The first kappa shape index (κ1) is 25.4. The quantitative estimate of drug-likeness (QED) is 0.321. The number of hydrogen-bond donors (Lipinski definition) is 5. The number of carbonyl (C=O) groups is 2. The number of nitrogens with one attached hydrogen (secondary N) is 3. The third kappa shape index (κ3) is 6.90. The number of likely N-dealkylation sites (N-methyl/N-ethyl adjacent to an activating group) is 1. The lowest BCUT2D eigenvalue weighted by molar-refractivity contribution is -0.141. The summed E-state index contributed by atoms with van der Waals surface area (Å²) >= 11 is 0. The van der Waals surface area contributed by atoms with Crippen LogP contribution in [0.4, 0.5) is 11.4 Å². The highest BCUT2D eigenvalue weighted by Crippen LogP contribution is 2.27. The van der Waals surface area contributed by atoms with Gasteiger partial charge in [-0.05, 0) is 47.4 Å². The van der Waals surface area contributed by atoms with Crippen LogP contribution in [0.5, 0.6) is 0 Å². The van der Waals surface area contributed by atoms with Gasteiger partial charge in [0.05, 0.1) is 11.4 Å². The third-order valence-electron chi connectivity index (χ3n) is 5.25. The second kappa shape index (κ2) is 9.97. The minimum absolute atomic E-state index is 0.0150. The molecule has 0 bridgehead atoms. The molecule has 2 aromatic carbocycles. The molecule has 14 heteroatoms. The first-order valence-corrected chi connectivity index (χ1v) is 12.9. The van der Waals surface area contributed by atoms with Crippen LogP contribution in [0.3, 0.4) is 0 Å². The van der Waals surface area contributed by atoms with Crippen LogP contribution in [0.25, 0.3) is 0 Å². The second-order valence-corrected chi connectivity index (χ2v) is 10.0. The molecular weight excluding hydrogens is 488 g/mol. The van der Waals surface area contributed by atoms with Crippen molar-refractivity contribution in [1.82, 2.24) is 10.2 Å². The molecule has 1 heterocycles. The van der Waals surface area contributed by atoms with Crippen molar-refractivity contribution >= 4 is 43.8 Å². The molecule has 2 aromatic rings. The first-order chi connectivity index (χ1) is 15.8. The van der Waals surface area contributed by atoms with E-state index < -0.39 is 26.7 Å². The molecule has 34 heavy (non-hydrogen) atoms. The fraction of sp³-hybridized carbons (Fsp3) is 0.300. The van der Waals surface area contributed by atoms with Gasteiger partial charge >= 0.3 is 20.6 Å². The van der Waals surface area contributed by atoms with Gasteiger partial charge in [0.25, 0.3) is 0 Å². The van der Waals surface area contributed by atoms with Crippen molar-refractivity contribution in [2.24, 2.45) is 0 Å². The zero-order valence-electron chi connectivity index (χ0n) is 18.1. The van der Waals surface area contributed by atoms with Crippen molar-refractivity contribution in [3.05, 3.63) is 59.2 Å². The van der Waals surface area contributed by atoms with E-state index in [2.05, 4.69) is 5.32 Å². The van der Waals surface area contributed by atoms with Gasteiger partial charge in [-0.3, -0.25) is 28.1 Å². The van der Waals surface area contributed by atoms with E-state index >= 15 is 0 Å². The molecule has 12 nitrogen and oxygen atoms in total. The largest absolute Gasteiger partial charge is 0.357 e. The van der Waals surface area contributed by atoms with Crippen LogP contribution in [0, 0.1) is 0 Å². The maximum atomic E-state index is 13.1. The van der Waals surface area contributed by atoms with Crippen molar-refractivity contribution in [3.8, 4) is 0 Å².